The quantitative estimate of drug-likeness (QED) is 0.671. The molecule has 1 aromatic rings. The van der Waals surface area contributed by atoms with Crippen LogP contribution in [0.3, 0.4) is 0 Å². The first-order valence-corrected chi connectivity index (χ1v) is 6.94. The van der Waals surface area contributed by atoms with E-state index in [4.69, 9.17) is 0 Å². The smallest absolute Gasteiger partial charge is 0.0778 e. The fraction of sp³-hybridized carbons (Fsp3) is 0.545. The van der Waals surface area contributed by atoms with E-state index in [0.717, 1.165) is 11.1 Å². The van der Waals surface area contributed by atoms with Gasteiger partial charge in [0.25, 0.3) is 0 Å². The van der Waals surface area contributed by atoms with Gasteiger partial charge in [0.1, 0.15) is 0 Å². The summed E-state index contributed by atoms with van der Waals surface area (Å²) >= 11 is 0. The minimum atomic E-state index is -0.801. The predicted octanol–water partition coefficient (Wildman–Crippen LogP) is 2.34. The summed E-state index contributed by atoms with van der Waals surface area (Å²) in [6, 6.07) is 4.30. The standard InChI is InChI=1S/C11H19NSi/c1-9(2)13(10(3)4)11-6-5-7-12-8-11/h5-10,13H,1-4H3. The van der Waals surface area contributed by atoms with Crippen LogP contribution in [-0.4, -0.2) is 13.8 Å². The maximum atomic E-state index is 4.21. The molecule has 0 fully saturated rings. The number of nitrogens with zero attached hydrogens (tertiary/aromatic N) is 1. The summed E-state index contributed by atoms with van der Waals surface area (Å²) < 4.78 is 0. The van der Waals surface area contributed by atoms with Crippen LogP contribution in [0.1, 0.15) is 27.7 Å². The Bertz CT molecular complexity index is 236. The van der Waals surface area contributed by atoms with Crippen molar-refractivity contribution in [2.24, 2.45) is 0 Å². The van der Waals surface area contributed by atoms with Crippen molar-refractivity contribution in [2.75, 3.05) is 0 Å². The Morgan fingerprint density at radius 1 is 1.15 bits per heavy atom. The van der Waals surface area contributed by atoms with Crippen LogP contribution in [0.15, 0.2) is 24.5 Å². The maximum absolute atomic E-state index is 4.21. The van der Waals surface area contributed by atoms with Crippen molar-refractivity contribution in [3.63, 3.8) is 0 Å². The van der Waals surface area contributed by atoms with Gasteiger partial charge >= 0.3 is 0 Å². The lowest BCUT2D eigenvalue weighted by molar-refractivity contribution is 0.950. The van der Waals surface area contributed by atoms with E-state index in [9.17, 15) is 0 Å². The molecule has 13 heavy (non-hydrogen) atoms. The summed E-state index contributed by atoms with van der Waals surface area (Å²) in [5.41, 5.74) is 1.65. The van der Waals surface area contributed by atoms with E-state index in [1.54, 1.807) is 0 Å². The van der Waals surface area contributed by atoms with E-state index in [0.29, 0.717) is 0 Å². The van der Waals surface area contributed by atoms with Crippen LogP contribution in [0.5, 0.6) is 0 Å². The van der Waals surface area contributed by atoms with E-state index in [-0.39, 0.29) is 0 Å². The Balaban J connectivity index is 2.89. The van der Waals surface area contributed by atoms with Crippen molar-refractivity contribution in [2.45, 2.75) is 38.8 Å². The normalized spacial score (nSPS) is 11.6. The van der Waals surface area contributed by atoms with Gasteiger partial charge in [-0.3, -0.25) is 4.98 Å². The summed E-state index contributed by atoms with van der Waals surface area (Å²) in [6.45, 7) is 9.35. The van der Waals surface area contributed by atoms with Crippen LogP contribution in [-0.2, 0) is 0 Å². The van der Waals surface area contributed by atoms with Crippen molar-refractivity contribution < 1.29 is 0 Å². The molecule has 0 atom stereocenters. The number of hydrogen-bond donors (Lipinski definition) is 0. The van der Waals surface area contributed by atoms with Gasteiger partial charge < -0.3 is 0 Å². The molecule has 1 rings (SSSR count). The third-order valence-corrected chi connectivity index (χ3v) is 6.49. The Morgan fingerprint density at radius 3 is 2.15 bits per heavy atom. The zero-order chi connectivity index (χ0) is 9.84. The fourth-order valence-electron chi connectivity index (χ4n) is 2.11. The Kier molecular flexibility index (Phi) is 3.67. The summed E-state index contributed by atoms with van der Waals surface area (Å²) in [7, 11) is -0.801. The molecule has 1 heterocycles. The molecule has 72 valence electrons. The molecule has 1 aromatic heterocycles. The van der Waals surface area contributed by atoms with Gasteiger partial charge in [-0.1, -0.05) is 33.8 Å². The second-order valence-corrected chi connectivity index (χ2v) is 8.69. The van der Waals surface area contributed by atoms with Crippen molar-refractivity contribution in [1.82, 2.24) is 4.98 Å². The van der Waals surface area contributed by atoms with Crippen molar-refractivity contribution in [3.05, 3.63) is 24.5 Å². The highest BCUT2D eigenvalue weighted by Gasteiger charge is 2.21. The lowest BCUT2D eigenvalue weighted by Gasteiger charge is -2.22. The molecular formula is C11H19NSi. The SMILES string of the molecule is CC(C)[SiH](c1cccnc1)C(C)C. The second kappa shape index (κ2) is 4.56. The van der Waals surface area contributed by atoms with E-state index >= 15 is 0 Å². The number of aromatic nitrogens is 1. The molecular weight excluding hydrogens is 174 g/mol. The molecule has 0 aliphatic heterocycles. The molecule has 0 aromatic carbocycles. The molecule has 0 bridgehead atoms. The Hall–Kier alpha value is -0.633. The molecule has 0 N–H and O–H groups in total. The lowest BCUT2D eigenvalue weighted by Crippen LogP contribution is -2.35. The van der Waals surface area contributed by atoms with Gasteiger partial charge in [-0.05, 0) is 22.3 Å². The van der Waals surface area contributed by atoms with Crippen LogP contribution in [0, 0.1) is 0 Å². The third-order valence-electron chi connectivity index (χ3n) is 2.51. The van der Waals surface area contributed by atoms with Gasteiger partial charge in [-0.25, -0.2) is 0 Å². The topological polar surface area (TPSA) is 12.9 Å². The number of rotatable bonds is 3. The zero-order valence-corrected chi connectivity index (χ0v) is 10.1. The van der Waals surface area contributed by atoms with E-state index in [1.165, 1.54) is 5.19 Å². The van der Waals surface area contributed by atoms with Gasteiger partial charge in [-0.15, -0.1) is 0 Å². The third kappa shape index (κ3) is 2.66. The van der Waals surface area contributed by atoms with Gasteiger partial charge in [-0.2, -0.15) is 0 Å². The Morgan fingerprint density at radius 2 is 1.77 bits per heavy atom. The first kappa shape index (κ1) is 10.4. The minimum absolute atomic E-state index is 0.801. The van der Waals surface area contributed by atoms with Crippen molar-refractivity contribution in [3.8, 4) is 0 Å². The average Bonchev–Trinajstić information content (AvgIpc) is 2.04. The average molecular weight is 193 g/mol. The van der Waals surface area contributed by atoms with Gasteiger partial charge in [0.2, 0.25) is 0 Å². The van der Waals surface area contributed by atoms with E-state index in [1.807, 2.05) is 6.20 Å². The lowest BCUT2D eigenvalue weighted by atomic mass is 10.5. The largest absolute Gasteiger partial charge is 0.265 e. The predicted molar refractivity (Wildman–Crippen MR) is 61.2 cm³/mol. The van der Waals surface area contributed by atoms with Gasteiger partial charge in [0, 0.05) is 12.4 Å². The van der Waals surface area contributed by atoms with E-state index in [2.05, 4.69) is 51.0 Å². The molecule has 0 spiro atoms. The summed E-state index contributed by atoms with van der Waals surface area (Å²) in [5.74, 6) is 0. The number of hydrogen-bond acceptors (Lipinski definition) is 1. The number of pyridine rings is 1. The first-order chi connectivity index (χ1) is 6.13. The first-order valence-electron chi connectivity index (χ1n) is 5.03. The van der Waals surface area contributed by atoms with Crippen LogP contribution >= 0.6 is 0 Å². The van der Waals surface area contributed by atoms with Gasteiger partial charge in [0.05, 0.1) is 8.80 Å². The summed E-state index contributed by atoms with van der Waals surface area (Å²) in [5, 5.41) is 1.51. The molecule has 0 amide bonds. The summed E-state index contributed by atoms with van der Waals surface area (Å²) in [4.78, 5) is 4.21. The molecule has 0 saturated heterocycles. The molecule has 0 aliphatic carbocycles. The monoisotopic (exact) mass is 193 g/mol. The minimum Gasteiger partial charge on any atom is -0.265 e. The molecule has 2 heteroatoms. The van der Waals surface area contributed by atoms with Crippen molar-refractivity contribution in [1.29, 1.82) is 0 Å². The second-order valence-electron chi connectivity index (χ2n) is 4.30. The van der Waals surface area contributed by atoms with E-state index < -0.39 is 8.80 Å². The highest BCUT2D eigenvalue weighted by Crippen LogP contribution is 2.19. The molecule has 0 radical (unpaired) electrons. The summed E-state index contributed by atoms with van der Waals surface area (Å²) in [6.07, 6.45) is 3.91. The van der Waals surface area contributed by atoms with Crippen LogP contribution in [0.2, 0.25) is 11.1 Å². The maximum Gasteiger partial charge on any atom is 0.0778 e. The van der Waals surface area contributed by atoms with Crippen LogP contribution in [0.4, 0.5) is 0 Å². The highest BCUT2D eigenvalue weighted by atomic mass is 28.3. The van der Waals surface area contributed by atoms with Crippen LogP contribution < -0.4 is 5.19 Å². The fourth-order valence-corrected chi connectivity index (χ4v) is 5.78. The molecule has 0 saturated carbocycles. The molecule has 0 aliphatic rings. The molecule has 0 unspecified atom stereocenters. The highest BCUT2D eigenvalue weighted by molar-refractivity contribution is 6.75. The van der Waals surface area contributed by atoms with Gasteiger partial charge in [0.15, 0.2) is 0 Å². The van der Waals surface area contributed by atoms with Crippen molar-refractivity contribution >= 4 is 14.0 Å². The Labute approximate surface area is 82.8 Å². The van der Waals surface area contributed by atoms with Crippen LogP contribution in [0.25, 0.3) is 0 Å². The zero-order valence-electron chi connectivity index (χ0n) is 8.99. The molecule has 1 nitrogen and oxygen atoms in total.